The van der Waals surface area contributed by atoms with Gasteiger partial charge in [-0.05, 0) is 56.2 Å². The first kappa shape index (κ1) is 26.1. The Morgan fingerprint density at radius 3 is 2.46 bits per heavy atom. The van der Waals surface area contributed by atoms with Crippen LogP contribution in [0.1, 0.15) is 43.2 Å². The summed E-state index contributed by atoms with van der Waals surface area (Å²) in [4.78, 5) is 52.4. The third-order valence-electron chi connectivity index (χ3n) is 8.17. The smallest absolute Gasteiger partial charge is 0.477 e. The minimum atomic E-state index is -5.72. The first-order valence-electron chi connectivity index (χ1n) is 11.8. The Bertz CT molecular complexity index is 1330. The topological polar surface area (TPSA) is 210 Å². The first-order chi connectivity index (χ1) is 17.1. The van der Waals surface area contributed by atoms with Gasteiger partial charge in [-0.2, -0.15) is 8.62 Å². The van der Waals surface area contributed by atoms with Gasteiger partial charge in [0.25, 0.3) is 0 Å². The van der Waals surface area contributed by atoms with Gasteiger partial charge in [0.15, 0.2) is 23.4 Å². The average Bonchev–Trinajstić information content (AvgIpc) is 3.48. The van der Waals surface area contributed by atoms with Crippen molar-refractivity contribution in [1.82, 2.24) is 4.90 Å². The highest BCUT2D eigenvalue weighted by atomic mass is 31.3. The molecule has 204 valence electrons. The number of likely N-dealkylation sites (tertiary alicyclic amines) is 1. The molecule has 3 unspecified atom stereocenters. The van der Waals surface area contributed by atoms with Gasteiger partial charge in [-0.25, -0.2) is 13.7 Å². The summed E-state index contributed by atoms with van der Waals surface area (Å²) in [6.45, 7) is 1.50. The van der Waals surface area contributed by atoms with Crippen LogP contribution in [0.25, 0.3) is 0 Å². The van der Waals surface area contributed by atoms with Gasteiger partial charge in [-0.3, -0.25) is 14.6 Å². The van der Waals surface area contributed by atoms with Crippen LogP contribution < -0.4 is 9.26 Å². The molecular formula is C20H26NO13P3. The third kappa shape index (κ3) is 4.18. The van der Waals surface area contributed by atoms with E-state index in [2.05, 4.69) is 13.5 Å². The quantitative estimate of drug-likeness (QED) is 0.276. The fourth-order valence-corrected chi connectivity index (χ4v) is 9.78. The van der Waals surface area contributed by atoms with Crippen LogP contribution in [0.5, 0.6) is 11.5 Å². The minimum absolute atomic E-state index is 0.0492. The third-order valence-corrected chi connectivity index (χ3v) is 11.9. The number of phosphoric ester groups is 1. The van der Waals surface area contributed by atoms with Crippen LogP contribution in [0, 0.1) is 5.92 Å². The van der Waals surface area contributed by atoms with Crippen molar-refractivity contribution in [2.24, 2.45) is 5.92 Å². The number of carbonyl (C=O) groups excluding carboxylic acids is 1. The van der Waals surface area contributed by atoms with E-state index in [-0.39, 0.29) is 30.4 Å². The molecule has 6 atom stereocenters. The predicted octanol–water partition coefficient (Wildman–Crippen LogP) is 1.53. The number of ketones is 1. The Kier molecular flexibility index (Phi) is 5.78. The van der Waals surface area contributed by atoms with Crippen LogP contribution in [-0.4, -0.2) is 66.2 Å². The predicted molar refractivity (Wildman–Crippen MR) is 123 cm³/mol. The molecule has 3 aliphatic carbocycles. The average molecular weight is 581 g/mol. The molecule has 1 spiro atoms. The number of Topliss-reactive ketones (excluding diaryl/α,β-unsaturated/α-hetero) is 1. The number of nitrogens with zero attached hydrogens (tertiary/aromatic N) is 1. The Hall–Kier alpha value is -1.14. The van der Waals surface area contributed by atoms with E-state index in [0.717, 1.165) is 24.9 Å². The summed E-state index contributed by atoms with van der Waals surface area (Å²) in [5.74, 6) is -0.0558. The molecule has 2 bridgehead atoms. The molecule has 2 heterocycles. The molecular weight excluding hydrogens is 555 g/mol. The number of hydrogen-bond acceptors (Lipinski definition) is 10. The second kappa shape index (κ2) is 8.19. The van der Waals surface area contributed by atoms with Crippen LogP contribution in [0.4, 0.5) is 0 Å². The molecule has 1 saturated heterocycles. The number of benzene rings is 1. The molecule has 5 aliphatic rings. The van der Waals surface area contributed by atoms with Gasteiger partial charge in [0, 0.05) is 24.6 Å². The van der Waals surface area contributed by atoms with E-state index < -0.39 is 46.3 Å². The molecule has 2 saturated carbocycles. The summed E-state index contributed by atoms with van der Waals surface area (Å²) in [5, 5.41) is 12.2. The molecule has 1 aromatic carbocycles. The molecule has 3 fully saturated rings. The Morgan fingerprint density at radius 1 is 1.05 bits per heavy atom. The van der Waals surface area contributed by atoms with Crippen molar-refractivity contribution in [3.05, 3.63) is 23.3 Å². The molecule has 37 heavy (non-hydrogen) atoms. The van der Waals surface area contributed by atoms with Gasteiger partial charge in [-0.15, -0.1) is 0 Å². The molecule has 5 N–H and O–H groups in total. The van der Waals surface area contributed by atoms with Crippen molar-refractivity contribution in [2.75, 3.05) is 13.1 Å². The molecule has 0 aromatic heterocycles. The second-order valence-corrected chi connectivity index (χ2v) is 14.7. The first-order valence-corrected chi connectivity index (χ1v) is 16.3. The summed E-state index contributed by atoms with van der Waals surface area (Å²) >= 11 is 0. The standard InChI is InChI=1S/C20H26NO13P3/c22-13-5-6-20(23)15-9-12-3-4-14(32-36(27,28)34-37(29,30)33-35(24,25)26)17-16(12)19(20,18(13)31-17)7-8-21(15)10-11-1-2-11/h3-4,11,15,18,23H,1-2,5-10H2,(H,27,28)(H,29,30)(H2,24,25,26)/t15?,18-,19-,20+/m0/s1. The molecule has 17 heteroatoms. The van der Waals surface area contributed by atoms with Crippen LogP contribution in [-0.2, 0) is 38.9 Å². The molecule has 1 aromatic rings. The maximum Gasteiger partial charge on any atom is 0.536 e. The monoisotopic (exact) mass is 581 g/mol. The number of aliphatic hydroxyl groups is 1. The zero-order valence-electron chi connectivity index (χ0n) is 19.3. The zero-order chi connectivity index (χ0) is 26.6. The highest BCUT2D eigenvalue weighted by molar-refractivity contribution is 7.66. The number of ether oxygens (including phenoxy) is 1. The maximum atomic E-state index is 13.1. The van der Waals surface area contributed by atoms with Crippen molar-refractivity contribution in [1.29, 1.82) is 0 Å². The highest BCUT2D eigenvalue weighted by Gasteiger charge is 2.73. The molecule has 6 rings (SSSR count). The van der Waals surface area contributed by atoms with Crippen LogP contribution in [0.15, 0.2) is 12.1 Å². The summed E-state index contributed by atoms with van der Waals surface area (Å²) in [6, 6.07) is 2.68. The lowest BCUT2D eigenvalue weighted by atomic mass is 9.49. The highest BCUT2D eigenvalue weighted by Crippen LogP contribution is 2.69. The van der Waals surface area contributed by atoms with Crippen molar-refractivity contribution < 1.29 is 61.1 Å². The van der Waals surface area contributed by atoms with Crippen molar-refractivity contribution >= 4 is 29.3 Å². The summed E-state index contributed by atoms with van der Waals surface area (Å²) in [6.07, 6.45) is 2.50. The van der Waals surface area contributed by atoms with Gasteiger partial charge in [0.2, 0.25) is 0 Å². The summed E-state index contributed by atoms with van der Waals surface area (Å²) < 4.78 is 53.8. The van der Waals surface area contributed by atoms with Crippen molar-refractivity contribution in [3.8, 4) is 11.5 Å². The molecule has 0 amide bonds. The number of phosphoric acid groups is 3. The van der Waals surface area contributed by atoms with Gasteiger partial charge >= 0.3 is 23.5 Å². The van der Waals surface area contributed by atoms with Crippen LogP contribution in [0.3, 0.4) is 0 Å². The van der Waals surface area contributed by atoms with E-state index in [0.29, 0.717) is 30.9 Å². The Labute approximate surface area is 211 Å². The van der Waals surface area contributed by atoms with Gasteiger partial charge in [0.05, 0.1) is 11.0 Å². The van der Waals surface area contributed by atoms with E-state index in [1.54, 1.807) is 6.07 Å². The molecule has 14 nitrogen and oxygen atoms in total. The summed E-state index contributed by atoms with van der Waals surface area (Å²) in [5.41, 5.74) is -1.08. The zero-order valence-corrected chi connectivity index (χ0v) is 22.0. The van der Waals surface area contributed by atoms with Crippen LogP contribution in [0.2, 0.25) is 0 Å². The lowest BCUT2D eigenvalue weighted by molar-refractivity contribution is -0.188. The van der Waals surface area contributed by atoms with E-state index in [1.165, 1.54) is 6.07 Å². The minimum Gasteiger partial charge on any atom is -0.477 e. The van der Waals surface area contributed by atoms with Gasteiger partial charge < -0.3 is 29.0 Å². The SMILES string of the molecule is O=C1CC[C@@]2(O)C3Cc4ccc(OP(=O)(O)OP(=O)(O)OP(=O)(O)O)c5c4[C@@]2(CCN3CC2CC2)[C@H]1O5. The maximum absolute atomic E-state index is 13.1. The van der Waals surface area contributed by atoms with E-state index in [1.807, 2.05) is 0 Å². The number of piperidine rings is 1. The lowest BCUT2D eigenvalue weighted by Crippen LogP contribution is -2.76. The lowest BCUT2D eigenvalue weighted by Gasteiger charge is -2.62. The van der Waals surface area contributed by atoms with Crippen molar-refractivity contribution in [3.63, 3.8) is 0 Å². The number of carbonyl (C=O) groups is 1. The Morgan fingerprint density at radius 2 is 1.78 bits per heavy atom. The fraction of sp³-hybridized carbons (Fsp3) is 0.650. The fourth-order valence-electron chi connectivity index (χ4n) is 6.75. The molecule has 2 aliphatic heterocycles. The van der Waals surface area contributed by atoms with Gasteiger partial charge in [0.1, 0.15) is 0 Å². The normalized spacial score (nSPS) is 35.8. The largest absolute Gasteiger partial charge is 0.536 e. The van der Waals surface area contributed by atoms with Crippen molar-refractivity contribution in [2.45, 2.75) is 61.7 Å². The Balaban J connectivity index is 1.38. The summed E-state index contributed by atoms with van der Waals surface area (Å²) in [7, 11) is -16.8. The van der Waals surface area contributed by atoms with E-state index in [9.17, 15) is 33.4 Å². The van der Waals surface area contributed by atoms with Gasteiger partial charge in [-0.1, -0.05) is 6.07 Å². The number of hydrogen-bond donors (Lipinski definition) is 5. The van der Waals surface area contributed by atoms with E-state index >= 15 is 0 Å². The van der Waals surface area contributed by atoms with Crippen LogP contribution >= 0.6 is 23.5 Å². The molecule has 0 radical (unpaired) electrons. The second-order valence-electron chi connectivity index (χ2n) is 10.4. The van der Waals surface area contributed by atoms with E-state index in [4.69, 9.17) is 19.0 Å². The number of rotatable bonds is 8.